The second-order valence-corrected chi connectivity index (χ2v) is 8.07. The predicted molar refractivity (Wildman–Crippen MR) is 111 cm³/mol. The third-order valence-corrected chi connectivity index (χ3v) is 6.43. The number of fused-ring (bicyclic) bond motifs is 3. The third-order valence-electron chi connectivity index (χ3n) is 5.24. The van der Waals surface area contributed by atoms with Crippen molar-refractivity contribution in [1.82, 2.24) is 9.55 Å². The van der Waals surface area contributed by atoms with E-state index < -0.39 is 0 Å². The monoisotopic (exact) mass is 383 g/mol. The molecule has 0 bridgehead atoms. The van der Waals surface area contributed by atoms with Crippen molar-refractivity contribution >= 4 is 27.5 Å². The Morgan fingerprint density at radius 1 is 1.22 bits per heavy atom. The lowest BCUT2D eigenvalue weighted by Gasteiger charge is -2.25. The van der Waals surface area contributed by atoms with Crippen LogP contribution in [0, 0.1) is 0 Å². The van der Waals surface area contributed by atoms with E-state index in [2.05, 4.69) is 12.1 Å². The molecule has 0 radical (unpaired) electrons. The number of anilines is 1. The van der Waals surface area contributed by atoms with Crippen molar-refractivity contribution in [2.24, 2.45) is 0 Å². The summed E-state index contributed by atoms with van der Waals surface area (Å²) >= 11 is 1.68. The van der Waals surface area contributed by atoms with Gasteiger partial charge < -0.3 is 10.0 Å². The van der Waals surface area contributed by atoms with Crippen LogP contribution in [0.15, 0.2) is 35.1 Å². The number of benzene rings is 1. The number of nitrogens with zero attached hydrogens (tertiary/aromatic N) is 3. The summed E-state index contributed by atoms with van der Waals surface area (Å²) in [4.78, 5) is 22.4. The molecule has 1 N–H and O–H groups in total. The molecule has 0 atom stereocenters. The number of aryl methyl sites for hydroxylation is 2. The number of hydrogen-bond acceptors (Lipinski definition) is 5. The molecule has 2 aromatic heterocycles. The lowest BCUT2D eigenvalue weighted by atomic mass is 9.97. The Bertz CT molecular complexity index is 994. The molecule has 5 nitrogen and oxygen atoms in total. The molecule has 1 aliphatic carbocycles. The van der Waals surface area contributed by atoms with Gasteiger partial charge in [0, 0.05) is 24.5 Å². The second-order valence-electron chi connectivity index (χ2n) is 6.98. The van der Waals surface area contributed by atoms with Crippen LogP contribution in [0.3, 0.4) is 0 Å². The molecule has 2 heterocycles. The SMILES string of the molecule is CCn1c(N(CCO)Cc2ccccc2)nc2sc3c(c2c1=O)CCCC3. The highest BCUT2D eigenvalue weighted by atomic mass is 32.1. The van der Waals surface area contributed by atoms with Crippen molar-refractivity contribution < 1.29 is 5.11 Å². The quantitative estimate of drug-likeness (QED) is 0.709. The topological polar surface area (TPSA) is 58.4 Å². The van der Waals surface area contributed by atoms with Crippen LogP contribution < -0.4 is 10.5 Å². The number of rotatable bonds is 6. The normalized spacial score (nSPS) is 13.7. The van der Waals surface area contributed by atoms with E-state index in [9.17, 15) is 9.90 Å². The first kappa shape index (κ1) is 18.2. The van der Waals surface area contributed by atoms with Crippen LogP contribution in [0.1, 0.15) is 35.8 Å². The molecule has 1 aliphatic rings. The van der Waals surface area contributed by atoms with Crippen LogP contribution in [-0.4, -0.2) is 27.8 Å². The number of aliphatic hydroxyl groups excluding tert-OH is 1. The molecule has 6 heteroatoms. The van der Waals surface area contributed by atoms with Crippen LogP contribution >= 0.6 is 11.3 Å². The number of hydrogen-bond donors (Lipinski definition) is 1. The molecule has 27 heavy (non-hydrogen) atoms. The molecule has 3 aromatic rings. The summed E-state index contributed by atoms with van der Waals surface area (Å²) in [5, 5.41) is 10.4. The van der Waals surface area contributed by atoms with Crippen LogP contribution in [0.2, 0.25) is 0 Å². The third kappa shape index (κ3) is 3.39. The van der Waals surface area contributed by atoms with E-state index in [0.717, 1.165) is 35.0 Å². The smallest absolute Gasteiger partial charge is 0.263 e. The van der Waals surface area contributed by atoms with Gasteiger partial charge in [0.25, 0.3) is 5.56 Å². The minimum atomic E-state index is 0.0192. The standard InChI is InChI=1S/C21H25N3O2S/c1-2-24-20(26)18-16-10-6-7-11-17(16)27-19(18)22-21(24)23(12-13-25)14-15-8-4-3-5-9-15/h3-5,8-9,25H,2,6-7,10-14H2,1H3. The molecule has 0 saturated carbocycles. The summed E-state index contributed by atoms with van der Waals surface area (Å²) in [6.07, 6.45) is 4.39. The maximum atomic E-state index is 13.3. The lowest BCUT2D eigenvalue weighted by molar-refractivity contribution is 0.300. The minimum absolute atomic E-state index is 0.0192. The first-order chi connectivity index (χ1) is 13.2. The Morgan fingerprint density at radius 2 is 2.00 bits per heavy atom. The Morgan fingerprint density at radius 3 is 2.74 bits per heavy atom. The average Bonchev–Trinajstić information content (AvgIpc) is 3.07. The van der Waals surface area contributed by atoms with Crippen LogP contribution in [0.25, 0.3) is 10.2 Å². The summed E-state index contributed by atoms with van der Waals surface area (Å²) in [6.45, 7) is 3.63. The van der Waals surface area contributed by atoms with Gasteiger partial charge in [-0.3, -0.25) is 9.36 Å². The maximum Gasteiger partial charge on any atom is 0.263 e. The molecule has 0 amide bonds. The minimum Gasteiger partial charge on any atom is -0.395 e. The van der Waals surface area contributed by atoms with Gasteiger partial charge in [-0.2, -0.15) is 0 Å². The molecule has 4 rings (SSSR count). The van der Waals surface area contributed by atoms with Gasteiger partial charge in [0.05, 0.1) is 12.0 Å². The van der Waals surface area contributed by atoms with Crippen molar-refractivity contribution in [2.75, 3.05) is 18.1 Å². The fourth-order valence-corrected chi connectivity index (χ4v) is 5.18. The zero-order valence-corrected chi connectivity index (χ0v) is 16.5. The molecule has 0 saturated heterocycles. The van der Waals surface area contributed by atoms with Crippen LogP contribution in [0.5, 0.6) is 0 Å². The fraction of sp³-hybridized carbons (Fsp3) is 0.429. The van der Waals surface area contributed by atoms with Gasteiger partial charge in [0.2, 0.25) is 5.95 Å². The van der Waals surface area contributed by atoms with Crippen molar-refractivity contribution in [3.05, 3.63) is 56.7 Å². The highest BCUT2D eigenvalue weighted by Crippen LogP contribution is 2.34. The van der Waals surface area contributed by atoms with Gasteiger partial charge in [-0.1, -0.05) is 30.3 Å². The molecule has 0 spiro atoms. The summed E-state index contributed by atoms with van der Waals surface area (Å²) < 4.78 is 1.77. The van der Waals surface area contributed by atoms with E-state index in [1.807, 2.05) is 30.0 Å². The van der Waals surface area contributed by atoms with Gasteiger partial charge in [-0.25, -0.2) is 4.98 Å². The molecule has 0 fully saturated rings. The van der Waals surface area contributed by atoms with Gasteiger partial charge in [0.1, 0.15) is 4.83 Å². The maximum absolute atomic E-state index is 13.3. The fourth-order valence-electron chi connectivity index (χ4n) is 3.93. The van der Waals surface area contributed by atoms with Crippen molar-refractivity contribution in [1.29, 1.82) is 0 Å². The van der Waals surface area contributed by atoms with E-state index in [-0.39, 0.29) is 12.2 Å². The zero-order valence-electron chi connectivity index (χ0n) is 15.6. The highest BCUT2D eigenvalue weighted by Gasteiger charge is 2.23. The van der Waals surface area contributed by atoms with E-state index >= 15 is 0 Å². The Labute approximate surface area is 162 Å². The van der Waals surface area contributed by atoms with E-state index in [1.54, 1.807) is 15.9 Å². The number of aliphatic hydroxyl groups is 1. The molecule has 0 unspecified atom stereocenters. The van der Waals surface area contributed by atoms with Crippen molar-refractivity contribution in [3.63, 3.8) is 0 Å². The van der Waals surface area contributed by atoms with Gasteiger partial charge in [0.15, 0.2) is 0 Å². The Balaban J connectivity index is 1.84. The second kappa shape index (κ2) is 7.82. The molecular formula is C21H25N3O2S. The predicted octanol–water partition coefficient (Wildman–Crippen LogP) is 3.36. The van der Waals surface area contributed by atoms with Gasteiger partial charge >= 0.3 is 0 Å². The van der Waals surface area contributed by atoms with Gasteiger partial charge in [-0.05, 0) is 43.7 Å². The molecular weight excluding hydrogens is 358 g/mol. The first-order valence-electron chi connectivity index (χ1n) is 9.67. The molecule has 1 aromatic carbocycles. The summed E-state index contributed by atoms with van der Waals surface area (Å²) in [5.74, 6) is 0.659. The van der Waals surface area contributed by atoms with E-state index in [4.69, 9.17) is 4.98 Å². The van der Waals surface area contributed by atoms with E-state index in [0.29, 0.717) is 25.6 Å². The Hall–Kier alpha value is -2.18. The van der Waals surface area contributed by atoms with Gasteiger partial charge in [-0.15, -0.1) is 11.3 Å². The largest absolute Gasteiger partial charge is 0.395 e. The van der Waals surface area contributed by atoms with E-state index in [1.165, 1.54) is 16.9 Å². The first-order valence-corrected chi connectivity index (χ1v) is 10.5. The number of aromatic nitrogens is 2. The van der Waals surface area contributed by atoms with Crippen molar-refractivity contribution in [2.45, 2.75) is 45.7 Å². The van der Waals surface area contributed by atoms with Crippen LogP contribution in [-0.2, 0) is 25.9 Å². The summed E-state index contributed by atoms with van der Waals surface area (Å²) in [5.41, 5.74) is 2.42. The highest BCUT2D eigenvalue weighted by molar-refractivity contribution is 7.18. The van der Waals surface area contributed by atoms with Crippen LogP contribution in [0.4, 0.5) is 5.95 Å². The summed E-state index contributed by atoms with van der Waals surface area (Å²) in [6, 6.07) is 10.1. The zero-order chi connectivity index (χ0) is 18.8. The number of thiophene rings is 1. The molecule has 142 valence electrons. The molecule has 0 aliphatic heterocycles. The summed E-state index contributed by atoms with van der Waals surface area (Å²) in [7, 11) is 0. The van der Waals surface area contributed by atoms with Crippen molar-refractivity contribution in [3.8, 4) is 0 Å². The Kier molecular flexibility index (Phi) is 5.27. The average molecular weight is 384 g/mol. The lowest BCUT2D eigenvalue weighted by Crippen LogP contribution is -2.34.